The average molecular weight is 389 g/mol. The standard InChI is InChI=1S/C22H36N4O2/c1-3-19-4-5-20(24-22(19)23-2)14-17-6-10-25(11-7-17)15-18-8-12-26(13-9-18)16-21(27)28/h4-5,17-18H,3,6-16H2,1-2H3,(H,23,24)(H,27,28). The molecule has 2 saturated heterocycles. The number of likely N-dealkylation sites (tertiary alicyclic amines) is 2. The van der Waals surface area contributed by atoms with Crippen molar-refractivity contribution in [1.82, 2.24) is 14.8 Å². The van der Waals surface area contributed by atoms with Crippen LogP contribution in [-0.2, 0) is 17.6 Å². The molecule has 3 heterocycles. The van der Waals surface area contributed by atoms with Crippen LogP contribution in [-0.4, -0.2) is 72.2 Å². The van der Waals surface area contributed by atoms with Crippen LogP contribution in [0.1, 0.15) is 43.9 Å². The van der Waals surface area contributed by atoms with Gasteiger partial charge in [0.25, 0.3) is 0 Å². The lowest BCUT2D eigenvalue weighted by Crippen LogP contribution is -2.42. The normalized spacial score (nSPS) is 20.4. The monoisotopic (exact) mass is 388 g/mol. The zero-order valence-corrected chi connectivity index (χ0v) is 17.5. The number of rotatable bonds is 8. The number of nitrogens with one attached hydrogen (secondary N) is 1. The first-order valence-electron chi connectivity index (χ1n) is 10.9. The first kappa shape index (κ1) is 21.1. The van der Waals surface area contributed by atoms with Crippen molar-refractivity contribution in [2.75, 3.05) is 51.6 Å². The molecule has 6 nitrogen and oxygen atoms in total. The van der Waals surface area contributed by atoms with Gasteiger partial charge >= 0.3 is 5.97 Å². The number of piperidine rings is 2. The van der Waals surface area contributed by atoms with Gasteiger partial charge in [-0.15, -0.1) is 0 Å². The van der Waals surface area contributed by atoms with Gasteiger partial charge in [-0.3, -0.25) is 9.69 Å². The zero-order chi connectivity index (χ0) is 19.9. The summed E-state index contributed by atoms with van der Waals surface area (Å²) in [6, 6.07) is 4.43. The van der Waals surface area contributed by atoms with E-state index in [9.17, 15) is 4.79 Å². The summed E-state index contributed by atoms with van der Waals surface area (Å²) in [6.45, 7) is 7.78. The maximum Gasteiger partial charge on any atom is 0.317 e. The van der Waals surface area contributed by atoms with Crippen LogP contribution in [0.25, 0.3) is 0 Å². The highest BCUT2D eigenvalue weighted by Crippen LogP contribution is 2.25. The van der Waals surface area contributed by atoms with Crippen molar-refractivity contribution in [3.63, 3.8) is 0 Å². The number of anilines is 1. The molecule has 2 N–H and O–H groups in total. The Morgan fingerprint density at radius 1 is 1.11 bits per heavy atom. The second-order valence-electron chi connectivity index (χ2n) is 8.48. The van der Waals surface area contributed by atoms with E-state index in [1.54, 1.807) is 0 Å². The van der Waals surface area contributed by atoms with E-state index in [1.165, 1.54) is 43.7 Å². The molecule has 1 aromatic heterocycles. The molecule has 0 bridgehead atoms. The number of carboxylic acid groups (broad SMARTS) is 1. The highest BCUT2D eigenvalue weighted by molar-refractivity contribution is 5.69. The molecule has 2 aliphatic heterocycles. The summed E-state index contributed by atoms with van der Waals surface area (Å²) in [4.78, 5) is 20.4. The molecule has 0 amide bonds. The molecule has 0 atom stereocenters. The third kappa shape index (κ3) is 5.92. The van der Waals surface area contributed by atoms with Gasteiger partial charge in [0.2, 0.25) is 0 Å². The number of hydrogen-bond acceptors (Lipinski definition) is 5. The quantitative estimate of drug-likeness (QED) is 0.714. The van der Waals surface area contributed by atoms with E-state index in [-0.39, 0.29) is 6.54 Å². The molecule has 156 valence electrons. The molecule has 0 aromatic carbocycles. The lowest BCUT2D eigenvalue weighted by atomic mass is 9.90. The number of pyridine rings is 1. The van der Waals surface area contributed by atoms with Crippen LogP contribution >= 0.6 is 0 Å². The molecular formula is C22H36N4O2. The maximum absolute atomic E-state index is 10.8. The Morgan fingerprint density at radius 2 is 1.75 bits per heavy atom. The van der Waals surface area contributed by atoms with Gasteiger partial charge in [0.05, 0.1) is 6.54 Å². The number of aliphatic carboxylic acids is 1. The van der Waals surface area contributed by atoms with E-state index in [1.807, 2.05) is 7.05 Å². The molecule has 0 saturated carbocycles. The minimum atomic E-state index is -0.707. The molecule has 0 unspecified atom stereocenters. The van der Waals surface area contributed by atoms with Crippen LogP contribution in [0.3, 0.4) is 0 Å². The largest absolute Gasteiger partial charge is 0.480 e. The number of aryl methyl sites for hydroxylation is 1. The van der Waals surface area contributed by atoms with Gasteiger partial charge in [0, 0.05) is 19.3 Å². The second-order valence-corrected chi connectivity index (χ2v) is 8.48. The van der Waals surface area contributed by atoms with Crippen molar-refractivity contribution < 1.29 is 9.90 Å². The lowest BCUT2D eigenvalue weighted by Gasteiger charge is -2.37. The van der Waals surface area contributed by atoms with Crippen molar-refractivity contribution >= 4 is 11.8 Å². The van der Waals surface area contributed by atoms with E-state index >= 15 is 0 Å². The second kappa shape index (κ2) is 10.2. The minimum absolute atomic E-state index is 0.195. The highest BCUT2D eigenvalue weighted by atomic mass is 16.4. The summed E-state index contributed by atoms with van der Waals surface area (Å²) >= 11 is 0. The number of carbonyl (C=O) groups is 1. The first-order valence-corrected chi connectivity index (χ1v) is 10.9. The van der Waals surface area contributed by atoms with Crippen LogP contribution in [0.2, 0.25) is 0 Å². The molecular weight excluding hydrogens is 352 g/mol. The lowest BCUT2D eigenvalue weighted by molar-refractivity contribution is -0.138. The van der Waals surface area contributed by atoms with Gasteiger partial charge in [0.15, 0.2) is 0 Å². The number of hydrogen-bond donors (Lipinski definition) is 2. The van der Waals surface area contributed by atoms with Crippen molar-refractivity contribution in [2.45, 2.75) is 45.4 Å². The Hall–Kier alpha value is -1.66. The Labute approximate surface area is 169 Å². The van der Waals surface area contributed by atoms with Crippen molar-refractivity contribution in [1.29, 1.82) is 0 Å². The Morgan fingerprint density at radius 3 is 2.36 bits per heavy atom. The molecule has 3 rings (SSSR count). The molecule has 6 heteroatoms. The topological polar surface area (TPSA) is 68.7 Å². The molecule has 0 radical (unpaired) electrons. The SMILES string of the molecule is CCc1ccc(CC2CCN(CC3CCN(CC(=O)O)CC3)CC2)nc1NC. The van der Waals surface area contributed by atoms with Gasteiger partial charge < -0.3 is 15.3 Å². The van der Waals surface area contributed by atoms with Crippen LogP contribution in [0.5, 0.6) is 0 Å². The summed E-state index contributed by atoms with van der Waals surface area (Å²) in [5.74, 6) is 1.79. The third-order valence-electron chi connectivity index (χ3n) is 6.44. The van der Waals surface area contributed by atoms with E-state index in [0.29, 0.717) is 0 Å². The van der Waals surface area contributed by atoms with Crippen molar-refractivity contribution in [3.05, 3.63) is 23.4 Å². The van der Waals surface area contributed by atoms with Crippen molar-refractivity contribution in [2.24, 2.45) is 11.8 Å². The van der Waals surface area contributed by atoms with Gasteiger partial charge in [-0.05, 0) is 88.2 Å². The number of aromatic nitrogens is 1. The van der Waals surface area contributed by atoms with E-state index in [0.717, 1.165) is 56.4 Å². The van der Waals surface area contributed by atoms with E-state index in [2.05, 4.69) is 34.2 Å². The average Bonchev–Trinajstić information content (AvgIpc) is 2.70. The maximum atomic E-state index is 10.8. The fourth-order valence-electron chi connectivity index (χ4n) is 4.70. The van der Waals surface area contributed by atoms with Crippen LogP contribution in [0.15, 0.2) is 12.1 Å². The number of carboxylic acids is 1. The van der Waals surface area contributed by atoms with E-state index < -0.39 is 5.97 Å². The Kier molecular flexibility index (Phi) is 7.68. The summed E-state index contributed by atoms with van der Waals surface area (Å²) in [7, 11) is 1.95. The molecule has 2 aliphatic rings. The summed E-state index contributed by atoms with van der Waals surface area (Å²) < 4.78 is 0. The summed E-state index contributed by atoms with van der Waals surface area (Å²) in [5.41, 5.74) is 2.50. The molecule has 1 aromatic rings. The first-order chi connectivity index (χ1) is 13.6. The summed E-state index contributed by atoms with van der Waals surface area (Å²) in [5, 5.41) is 12.2. The zero-order valence-electron chi connectivity index (χ0n) is 17.5. The van der Waals surface area contributed by atoms with Gasteiger partial charge in [0.1, 0.15) is 5.82 Å². The van der Waals surface area contributed by atoms with Crippen LogP contribution in [0, 0.1) is 11.8 Å². The third-order valence-corrected chi connectivity index (χ3v) is 6.44. The van der Waals surface area contributed by atoms with Gasteiger partial charge in [-0.25, -0.2) is 4.98 Å². The van der Waals surface area contributed by atoms with Gasteiger partial charge in [-0.2, -0.15) is 0 Å². The van der Waals surface area contributed by atoms with Crippen LogP contribution in [0.4, 0.5) is 5.82 Å². The molecule has 28 heavy (non-hydrogen) atoms. The minimum Gasteiger partial charge on any atom is -0.480 e. The molecule has 0 spiro atoms. The van der Waals surface area contributed by atoms with E-state index in [4.69, 9.17) is 10.1 Å². The van der Waals surface area contributed by atoms with Crippen LogP contribution < -0.4 is 5.32 Å². The molecule has 2 fully saturated rings. The fourth-order valence-corrected chi connectivity index (χ4v) is 4.70. The smallest absolute Gasteiger partial charge is 0.317 e. The predicted octanol–water partition coefficient (Wildman–Crippen LogP) is 2.74. The van der Waals surface area contributed by atoms with Gasteiger partial charge in [-0.1, -0.05) is 13.0 Å². The Balaban J connectivity index is 1.40. The highest BCUT2D eigenvalue weighted by Gasteiger charge is 2.25. The summed E-state index contributed by atoms with van der Waals surface area (Å²) in [6.07, 6.45) is 6.87. The Bertz CT molecular complexity index is 635. The predicted molar refractivity (Wildman–Crippen MR) is 113 cm³/mol. The fraction of sp³-hybridized carbons (Fsp3) is 0.727. The molecule has 0 aliphatic carbocycles. The van der Waals surface area contributed by atoms with Crippen molar-refractivity contribution in [3.8, 4) is 0 Å². The number of nitrogens with zero attached hydrogens (tertiary/aromatic N) is 3.